The Bertz CT molecular complexity index is 407. The average molecular weight is 322 g/mol. The Kier molecular flexibility index (Phi) is 6.91. The molecule has 0 radical (unpaired) electrons. The highest BCUT2D eigenvalue weighted by Gasteiger charge is 2.25. The maximum Gasteiger partial charge on any atom is 0.132 e. The van der Waals surface area contributed by atoms with Crippen LogP contribution in [0.3, 0.4) is 0 Å². The lowest BCUT2D eigenvalue weighted by Crippen LogP contribution is -2.50. The molecule has 3 N–H and O–H groups in total. The molecule has 3 rings (SSSR count). The molecule has 0 spiro atoms. The van der Waals surface area contributed by atoms with Crippen LogP contribution in [0.25, 0.3) is 0 Å². The predicted molar refractivity (Wildman–Crippen MR) is 90.8 cm³/mol. The molecule has 3 aliphatic heterocycles. The van der Waals surface area contributed by atoms with Crippen molar-refractivity contribution in [1.82, 2.24) is 21.0 Å². The van der Waals surface area contributed by atoms with Crippen LogP contribution in [0.2, 0.25) is 0 Å². The van der Waals surface area contributed by atoms with Crippen LogP contribution < -0.4 is 16.1 Å². The summed E-state index contributed by atoms with van der Waals surface area (Å²) in [5.41, 5.74) is 4.29. The standard InChI is InChI=1S/C17H30N4O2/c1-2-9-21(10-3-1)13-16-14-22-20-17(23-16)6-8-19-12-15-5-4-7-18-11-15/h4-5,11,16-20H,1-3,6-10,12-14H2. The van der Waals surface area contributed by atoms with E-state index in [2.05, 4.69) is 39.4 Å². The van der Waals surface area contributed by atoms with Crippen molar-refractivity contribution < 1.29 is 9.57 Å². The van der Waals surface area contributed by atoms with Gasteiger partial charge in [0.05, 0.1) is 12.7 Å². The lowest BCUT2D eigenvalue weighted by molar-refractivity contribution is -0.201. The minimum Gasteiger partial charge on any atom is -0.387 e. The van der Waals surface area contributed by atoms with Crippen molar-refractivity contribution in [3.63, 3.8) is 0 Å². The number of likely N-dealkylation sites (tertiary alicyclic amines) is 1. The van der Waals surface area contributed by atoms with Crippen LogP contribution in [0.5, 0.6) is 0 Å². The largest absolute Gasteiger partial charge is 0.387 e. The molecular formula is C17H30N4O2. The number of ether oxygens (including phenoxy) is 1. The normalized spacial score (nSPS) is 29.1. The first-order chi connectivity index (χ1) is 11.4. The Morgan fingerprint density at radius 1 is 1.26 bits per heavy atom. The van der Waals surface area contributed by atoms with Gasteiger partial charge in [0.2, 0.25) is 0 Å². The second-order valence-electron chi connectivity index (χ2n) is 6.53. The number of dihydropyridines is 1. The van der Waals surface area contributed by atoms with Crippen LogP contribution in [0.4, 0.5) is 0 Å². The van der Waals surface area contributed by atoms with Crippen molar-refractivity contribution in [2.24, 2.45) is 0 Å². The van der Waals surface area contributed by atoms with E-state index in [-0.39, 0.29) is 12.3 Å². The molecule has 23 heavy (non-hydrogen) atoms. The first kappa shape index (κ1) is 16.9. The Balaban J connectivity index is 1.30. The van der Waals surface area contributed by atoms with Gasteiger partial charge in [-0.3, -0.25) is 4.84 Å². The summed E-state index contributed by atoms with van der Waals surface area (Å²) in [6.07, 6.45) is 11.5. The first-order valence-corrected chi connectivity index (χ1v) is 8.95. The summed E-state index contributed by atoms with van der Waals surface area (Å²) in [6, 6.07) is 0. The molecule has 2 atom stereocenters. The lowest BCUT2D eigenvalue weighted by Gasteiger charge is -2.35. The molecule has 2 fully saturated rings. The second kappa shape index (κ2) is 9.39. The topological polar surface area (TPSA) is 57.8 Å². The van der Waals surface area contributed by atoms with Gasteiger partial charge >= 0.3 is 0 Å². The monoisotopic (exact) mass is 322 g/mol. The Hall–Kier alpha value is -0.920. The van der Waals surface area contributed by atoms with E-state index in [1.807, 2.05) is 0 Å². The van der Waals surface area contributed by atoms with E-state index in [0.717, 1.165) is 32.6 Å². The van der Waals surface area contributed by atoms with Gasteiger partial charge in [-0.25, -0.2) is 0 Å². The molecule has 3 heterocycles. The van der Waals surface area contributed by atoms with Crippen molar-refractivity contribution >= 4 is 0 Å². The fourth-order valence-corrected chi connectivity index (χ4v) is 3.28. The number of nitrogens with one attached hydrogen (secondary N) is 3. The van der Waals surface area contributed by atoms with E-state index >= 15 is 0 Å². The fourth-order valence-electron chi connectivity index (χ4n) is 3.28. The van der Waals surface area contributed by atoms with E-state index in [0.29, 0.717) is 6.61 Å². The summed E-state index contributed by atoms with van der Waals surface area (Å²) in [5, 5.41) is 6.67. The Labute approximate surface area is 139 Å². The molecular weight excluding hydrogens is 292 g/mol. The van der Waals surface area contributed by atoms with Gasteiger partial charge in [-0.15, -0.1) is 0 Å². The molecule has 2 unspecified atom stereocenters. The van der Waals surface area contributed by atoms with Gasteiger partial charge in [0, 0.05) is 32.3 Å². The molecule has 130 valence electrons. The number of hydroxylamine groups is 1. The Morgan fingerprint density at radius 2 is 2.17 bits per heavy atom. The van der Waals surface area contributed by atoms with Gasteiger partial charge in [-0.1, -0.05) is 18.6 Å². The van der Waals surface area contributed by atoms with Crippen LogP contribution in [-0.2, 0) is 9.57 Å². The minimum absolute atomic E-state index is 0.0138. The highest BCUT2D eigenvalue weighted by atomic mass is 16.7. The van der Waals surface area contributed by atoms with Crippen LogP contribution in [0.15, 0.2) is 23.9 Å². The summed E-state index contributed by atoms with van der Waals surface area (Å²) in [4.78, 5) is 8.03. The molecule has 0 aliphatic carbocycles. The van der Waals surface area contributed by atoms with Crippen LogP contribution in [-0.4, -0.2) is 63.1 Å². The summed E-state index contributed by atoms with van der Waals surface area (Å²) in [5.74, 6) is 0. The molecule has 3 aliphatic rings. The van der Waals surface area contributed by atoms with Gasteiger partial charge in [0.15, 0.2) is 0 Å². The van der Waals surface area contributed by atoms with Gasteiger partial charge in [0.1, 0.15) is 6.23 Å². The van der Waals surface area contributed by atoms with E-state index in [4.69, 9.17) is 9.57 Å². The zero-order chi connectivity index (χ0) is 15.7. The molecule has 0 bridgehead atoms. The number of hydrogen-bond donors (Lipinski definition) is 3. The van der Waals surface area contributed by atoms with Gasteiger partial charge in [0.25, 0.3) is 0 Å². The van der Waals surface area contributed by atoms with E-state index in [1.165, 1.54) is 37.9 Å². The molecule has 0 aromatic carbocycles. The third kappa shape index (κ3) is 5.90. The SMILES string of the molecule is C1=CC(CNCCC2NOCC(CN3CCCCC3)O2)=CNC1. The maximum atomic E-state index is 6.12. The zero-order valence-electron chi connectivity index (χ0n) is 13.9. The lowest BCUT2D eigenvalue weighted by atomic mass is 10.1. The number of nitrogens with zero attached hydrogens (tertiary/aromatic N) is 1. The van der Waals surface area contributed by atoms with Gasteiger partial charge in [-0.2, -0.15) is 5.48 Å². The summed E-state index contributed by atoms with van der Waals surface area (Å²) in [7, 11) is 0. The summed E-state index contributed by atoms with van der Waals surface area (Å²) < 4.78 is 6.12. The highest BCUT2D eigenvalue weighted by Crippen LogP contribution is 2.13. The summed E-state index contributed by atoms with van der Waals surface area (Å²) in [6.45, 7) is 6.76. The molecule has 2 saturated heterocycles. The Morgan fingerprint density at radius 3 is 3.00 bits per heavy atom. The van der Waals surface area contributed by atoms with Crippen LogP contribution in [0.1, 0.15) is 25.7 Å². The first-order valence-electron chi connectivity index (χ1n) is 8.95. The average Bonchev–Trinajstić information content (AvgIpc) is 2.61. The van der Waals surface area contributed by atoms with Crippen LogP contribution in [0, 0.1) is 0 Å². The second-order valence-corrected chi connectivity index (χ2v) is 6.53. The summed E-state index contributed by atoms with van der Waals surface area (Å²) >= 11 is 0. The zero-order valence-corrected chi connectivity index (χ0v) is 13.9. The molecule has 0 amide bonds. The van der Waals surface area contributed by atoms with Crippen molar-refractivity contribution in [2.75, 3.05) is 45.9 Å². The minimum atomic E-state index is -0.0138. The van der Waals surface area contributed by atoms with Crippen LogP contribution >= 0.6 is 0 Å². The van der Waals surface area contributed by atoms with Crippen molar-refractivity contribution in [3.8, 4) is 0 Å². The van der Waals surface area contributed by atoms with E-state index < -0.39 is 0 Å². The number of hydrogen-bond acceptors (Lipinski definition) is 6. The van der Waals surface area contributed by atoms with Crippen molar-refractivity contribution in [2.45, 2.75) is 38.0 Å². The highest BCUT2D eigenvalue weighted by molar-refractivity contribution is 5.22. The molecule has 0 aromatic rings. The third-order valence-corrected chi connectivity index (χ3v) is 4.52. The van der Waals surface area contributed by atoms with Crippen molar-refractivity contribution in [1.29, 1.82) is 0 Å². The van der Waals surface area contributed by atoms with E-state index in [1.54, 1.807) is 0 Å². The third-order valence-electron chi connectivity index (χ3n) is 4.52. The van der Waals surface area contributed by atoms with Gasteiger partial charge < -0.3 is 20.3 Å². The van der Waals surface area contributed by atoms with Crippen molar-refractivity contribution in [3.05, 3.63) is 23.9 Å². The van der Waals surface area contributed by atoms with Gasteiger partial charge in [-0.05, 0) is 38.0 Å². The fraction of sp³-hybridized carbons (Fsp3) is 0.765. The quantitative estimate of drug-likeness (QED) is 0.601. The predicted octanol–water partition coefficient (Wildman–Crippen LogP) is 0.741. The molecule has 6 heteroatoms. The molecule has 6 nitrogen and oxygen atoms in total. The maximum absolute atomic E-state index is 6.12. The molecule has 0 saturated carbocycles. The number of rotatable bonds is 7. The smallest absolute Gasteiger partial charge is 0.132 e. The molecule has 0 aromatic heterocycles. The van der Waals surface area contributed by atoms with E-state index in [9.17, 15) is 0 Å². The number of piperidine rings is 1.